The van der Waals surface area contributed by atoms with Crippen molar-refractivity contribution in [3.05, 3.63) is 69.8 Å². The lowest BCUT2D eigenvalue weighted by atomic mass is 10.1. The maximum atomic E-state index is 13.0. The summed E-state index contributed by atoms with van der Waals surface area (Å²) in [5, 5.41) is 13.2. The van der Waals surface area contributed by atoms with E-state index < -0.39 is 22.6 Å². The first-order valence-corrected chi connectivity index (χ1v) is 8.00. The highest BCUT2D eigenvalue weighted by molar-refractivity contribution is 5.93. The molecule has 1 amide bonds. The van der Waals surface area contributed by atoms with Crippen molar-refractivity contribution in [2.45, 2.75) is 19.1 Å². The van der Waals surface area contributed by atoms with Gasteiger partial charge in [-0.2, -0.15) is 13.2 Å². The number of hydrogen-bond donors (Lipinski definition) is 1. The maximum absolute atomic E-state index is 13.0. The van der Waals surface area contributed by atoms with Gasteiger partial charge in [-0.15, -0.1) is 0 Å². The fraction of sp³-hybridized carbons (Fsp3) is 0.278. The highest BCUT2D eigenvalue weighted by Crippen LogP contribution is 2.34. The smallest absolute Gasteiger partial charge is 0.324 e. The van der Waals surface area contributed by atoms with Crippen LogP contribution in [0.2, 0.25) is 0 Å². The summed E-state index contributed by atoms with van der Waals surface area (Å²) in [5.41, 5.74) is -0.689. The molecule has 1 unspecified atom stereocenters. The average Bonchev–Trinajstić information content (AvgIpc) is 2.60. The Kier molecular flexibility index (Phi) is 6.17. The predicted octanol–water partition coefficient (Wildman–Crippen LogP) is 4.25. The van der Waals surface area contributed by atoms with Crippen molar-refractivity contribution in [2.24, 2.45) is 0 Å². The van der Waals surface area contributed by atoms with Gasteiger partial charge in [0.2, 0.25) is 5.91 Å². The van der Waals surface area contributed by atoms with E-state index in [4.69, 9.17) is 0 Å². The van der Waals surface area contributed by atoms with Gasteiger partial charge in [0, 0.05) is 18.2 Å². The van der Waals surface area contributed by atoms with Crippen LogP contribution in [0, 0.1) is 10.1 Å². The molecule has 0 bridgehead atoms. The number of nitro groups is 1. The second kappa shape index (κ2) is 8.17. The Morgan fingerprint density at radius 3 is 2.52 bits per heavy atom. The molecule has 0 aromatic heterocycles. The van der Waals surface area contributed by atoms with E-state index in [1.807, 2.05) is 0 Å². The van der Waals surface area contributed by atoms with Crippen LogP contribution in [0.5, 0.6) is 0 Å². The van der Waals surface area contributed by atoms with Crippen LogP contribution in [-0.4, -0.2) is 29.3 Å². The zero-order chi connectivity index (χ0) is 20.2. The van der Waals surface area contributed by atoms with E-state index in [1.54, 1.807) is 24.9 Å². The zero-order valence-electron chi connectivity index (χ0n) is 14.7. The Hall–Kier alpha value is -2.94. The number of carbonyl (C=O) groups is 1. The topological polar surface area (TPSA) is 75.5 Å². The molecular formula is C18H18F3N3O3. The van der Waals surface area contributed by atoms with E-state index in [1.165, 1.54) is 36.4 Å². The second-order valence-corrected chi connectivity index (χ2v) is 6.03. The summed E-state index contributed by atoms with van der Waals surface area (Å²) in [4.78, 5) is 24.1. The van der Waals surface area contributed by atoms with E-state index in [0.29, 0.717) is 5.56 Å². The van der Waals surface area contributed by atoms with Crippen LogP contribution >= 0.6 is 0 Å². The Morgan fingerprint density at radius 1 is 1.22 bits per heavy atom. The average molecular weight is 381 g/mol. The Morgan fingerprint density at radius 2 is 1.89 bits per heavy atom. The number of alkyl halides is 3. The molecular weight excluding hydrogens is 363 g/mol. The number of hydrogen-bond acceptors (Lipinski definition) is 4. The number of anilines is 1. The van der Waals surface area contributed by atoms with Crippen molar-refractivity contribution in [3.63, 3.8) is 0 Å². The highest BCUT2D eigenvalue weighted by Gasteiger charge is 2.33. The molecule has 2 aromatic rings. The van der Waals surface area contributed by atoms with E-state index in [9.17, 15) is 28.1 Å². The molecule has 27 heavy (non-hydrogen) atoms. The minimum Gasteiger partial charge on any atom is -0.324 e. The van der Waals surface area contributed by atoms with Crippen LogP contribution in [0.15, 0.2) is 48.5 Å². The molecule has 0 aliphatic rings. The number of nitro benzene ring substituents is 1. The molecule has 9 heteroatoms. The van der Waals surface area contributed by atoms with Crippen LogP contribution in [-0.2, 0) is 11.0 Å². The van der Waals surface area contributed by atoms with Gasteiger partial charge in [-0.05, 0) is 31.7 Å². The van der Waals surface area contributed by atoms with Crippen molar-refractivity contribution in [2.75, 3.05) is 18.9 Å². The number of amides is 1. The summed E-state index contributed by atoms with van der Waals surface area (Å²) in [6, 6.07) is 10.4. The molecule has 1 atom stereocenters. The zero-order valence-corrected chi connectivity index (χ0v) is 14.7. The summed E-state index contributed by atoms with van der Waals surface area (Å²) >= 11 is 0. The minimum atomic E-state index is -4.58. The Bertz CT molecular complexity index is 840. The normalized spacial score (nSPS) is 12.7. The van der Waals surface area contributed by atoms with Crippen molar-refractivity contribution in [3.8, 4) is 0 Å². The third kappa shape index (κ3) is 5.27. The fourth-order valence-corrected chi connectivity index (χ4v) is 2.55. The standard InChI is InChI=1S/C18H18F3N3O3/c1-12(13-6-5-7-14(10-13)24(26)27)23(2)11-17(25)22-16-9-4-3-8-15(16)18(19,20)21/h3-10,12H,11H2,1-2H3,(H,22,25). The van der Waals surface area contributed by atoms with Gasteiger partial charge < -0.3 is 5.32 Å². The quantitative estimate of drug-likeness (QED) is 0.600. The first-order chi connectivity index (χ1) is 12.6. The first kappa shape index (κ1) is 20.4. The number of carbonyl (C=O) groups excluding carboxylic acids is 1. The number of para-hydroxylation sites is 1. The molecule has 0 saturated heterocycles. The largest absolute Gasteiger partial charge is 0.418 e. The lowest BCUT2D eigenvalue weighted by Gasteiger charge is -2.24. The van der Waals surface area contributed by atoms with E-state index in [-0.39, 0.29) is 24.0 Å². The van der Waals surface area contributed by atoms with Crippen LogP contribution in [0.4, 0.5) is 24.5 Å². The summed E-state index contributed by atoms with van der Waals surface area (Å²) in [6.45, 7) is 1.56. The molecule has 6 nitrogen and oxygen atoms in total. The molecule has 144 valence electrons. The van der Waals surface area contributed by atoms with Gasteiger partial charge in [-0.25, -0.2) is 0 Å². The fourth-order valence-electron chi connectivity index (χ4n) is 2.55. The highest BCUT2D eigenvalue weighted by atomic mass is 19.4. The molecule has 0 radical (unpaired) electrons. The van der Waals surface area contributed by atoms with Gasteiger partial charge in [-0.3, -0.25) is 19.8 Å². The summed E-state index contributed by atoms with van der Waals surface area (Å²) < 4.78 is 39.0. The van der Waals surface area contributed by atoms with Gasteiger partial charge in [0.25, 0.3) is 5.69 Å². The van der Waals surface area contributed by atoms with E-state index in [2.05, 4.69) is 5.32 Å². The Balaban J connectivity index is 2.08. The van der Waals surface area contributed by atoms with Gasteiger partial charge in [0.05, 0.1) is 22.7 Å². The lowest BCUT2D eigenvalue weighted by molar-refractivity contribution is -0.384. The molecule has 2 rings (SSSR count). The van der Waals surface area contributed by atoms with Crippen molar-refractivity contribution in [1.82, 2.24) is 4.90 Å². The SMILES string of the molecule is CC(c1cccc([N+](=O)[O-])c1)N(C)CC(=O)Nc1ccccc1C(F)(F)F. The molecule has 0 fully saturated rings. The van der Waals surface area contributed by atoms with Crippen molar-refractivity contribution < 1.29 is 22.9 Å². The summed E-state index contributed by atoms with van der Waals surface area (Å²) in [6.07, 6.45) is -4.58. The molecule has 0 spiro atoms. The molecule has 2 aromatic carbocycles. The predicted molar refractivity (Wildman–Crippen MR) is 94.2 cm³/mol. The number of benzene rings is 2. The number of halogens is 3. The lowest BCUT2D eigenvalue weighted by Crippen LogP contribution is -2.32. The van der Waals surface area contributed by atoms with Crippen molar-refractivity contribution >= 4 is 17.3 Å². The molecule has 0 heterocycles. The third-order valence-electron chi connectivity index (χ3n) is 4.12. The van der Waals surface area contributed by atoms with Crippen LogP contribution in [0.1, 0.15) is 24.1 Å². The van der Waals surface area contributed by atoms with Crippen LogP contribution < -0.4 is 5.32 Å². The van der Waals surface area contributed by atoms with Crippen molar-refractivity contribution in [1.29, 1.82) is 0 Å². The van der Waals surface area contributed by atoms with Gasteiger partial charge in [0.15, 0.2) is 0 Å². The monoisotopic (exact) mass is 381 g/mol. The number of likely N-dealkylation sites (N-methyl/N-ethyl adjacent to an activating group) is 1. The minimum absolute atomic E-state index is 0.0729. The second-order valence-electron chi connectivity index (χ2n) is 6.03. The van der Waals surface area contributed by atoms with Crippen LogP contribution in [0.25, 0.3) is 0 Å². The van der Waals surface area contributed by atoms with E-state index >= 15 is 0 Å². The van der Waals surface area contributed by atoms with Gasteiger partial charge >= 0.3 is 6.18 Å². The third-order valence-corrected chi connectivity index (χ3v) is 4.12. The summed E-state index contributed by atoms with van der Waals surface area (Å²) in [5.74, 6) is -0.619. The van der Waals surface area contributed by atoms with Gasteiger partial charge in [0.1, 0.15) is 0 Å². The summed E-state index contributed by atoms with van der Waals surface area (Å²) in [7, 11) is 1.61. The molecule has 1 N–H and O–H groups in total. The molecule has 0 saturated carbocycles. The molecule has 0 aliphatic heterocycles. The van der Waals surface area contributed by atoms with Gasteiger partial charge in [-0.1, -0.05) is 24.3 Å². The van der Waals surface area contributed by atoms with E-state index in [0.717, 1.165) is 6.07 Å². The van der Waals surface area contributed by atoms with Crippen LogP contribution in [0.3, 0.4) is 0 Å². The Labute approximate surface area is 153 Å². The molecule has 0 aliphatic carbocycles. The first-order valence-electron chi connectivity index (χ1n) is 8.00. The number of rotatable bonds is 6. The number of non-ortho nitro benzene ring substituents is 1. The number of nitrogens with one attached hydrogen (secondary N) is 1. The number of nitrogens with zero attached hydrogens (tertiary/aromatic N) is 2. The maximum Gasteiger partial charge on any atom is 0.418 e.